The molecule has 2 aliphatic carbocycles. The van der Waals surface area contributed by atoms with Crippen LogP contribution in [-0.4, -0.2) is 11.4 Å². The topological polar surface area (TPSA) is 26.3 Å². The van der Waals surface area contributed by atoms with Crippen molar-refractivity contribution < 1.29 is 9.53 Å². The highest BCUT2D eigenvalue weighted by Gasteiger charge is 2.71. The van der Waals surface area contributed by atoms with E-state index in [1.165, 1.54) is 19.3 Å². The van der Waals surface area contributed by atoms with Gasteiger partial charge in [-0.3, -0.25) is 4.79 Å². The second-order valence-corrected chi connectivity index (χ2v) is 6.61. The number of ketones is 1. The van der Waals surface area contributed by atoms with Crippen LogP contribution in [0.25, 0.3) is 0 Å². The van der Waals surface area contributed by atoms with Gasteiger partial charge in [-0.15, -0.1) is 0 Å². The van der Waals surface area contributed by atoms with Crippen molar-refractivity contribution in [2.24, 2.45) is 16.7 Å². The lowest BCUT2D eigenvalue weighted by atomic mass is 9.58. The summed E-state index contributed by atoms with van der Waals surface area (Å²) in [5, 5.41) is 0. The van der Waals surface area contributed by atoms with Crippen LogP contribution < -0.4 is 0 Å². The van der Waals surface area contributed by atoms with Crippen LogP contribution in [0.4, 0.5) is 0 Å². The third kappa shape index (κ3) is 0.922. The lowest BCUT2D eigenvalue weighted by molar-refractivity contribution is -0.166. The Morgan fingerprint density at radius 3 is 2.69 bits per heavy atom. The Morgan fingerprint density at radius 2 is 2.12 bits per heavy atom. The van der Waals surface area contributed by atoms with E-state index in [0.29, 0.717) is 6.42 Å². The molecule has 3 rings (SSSR count). The number of carbonyl (C=O) groups excluding carboxylic acids is 1. The molecule has 1 spiro atoms. The van der Waals surface area contributed by atoms with Crippen LogP contribution in [0.5, 0.6) is 0 Å². The number of allylic oxidation sites excluding steroid dienone is 1. The predicted octanol–water partition coefficient (Wildman–Crippen LogP) is 3.07. The van der Waals surface area contributed by atoms with Gasteiger partial charge >= 0.3 is 0 Å². The van der Waals surface area contributed by atoms with Crippen LogP contribution in [0.15, 0.2) is 12.3 Å². The minimum atomic E-state index is -0.241. The molecule has 2 saturated carbocycles. The number of carbonyl (C=O) groups is 1. The fourth-order valence-corrected chi connectivity index (χ4v) is 4.64. The molecule has 88 valence electrons. The molecule has 0 N–H and O–H groups in total. The molecule has 1 heterocycles. The smallest absolute Gasteiger partial charge is 0.162 e. The second-order valence-electron chi connectivity index (χ2n) is 6.61. The molecule has 2 nitrogen and oxygen atoms in total. The van der Waals surface area contributed by atoms with Gasteiger partial charge in [-0.05, 0) is 25.2 Å². The fourth-order valence-electron chi connectivity index (χ4n) is 4.64. The van der Waals surface area contributed by atoms with Gasteiger partial charge in [0, 0.05) is 16.9 Å². The first-order valence-electron chi connectivity index (χ1n) is 6.29. The van der Waals surface area contributed by atoms with E-state index in [4.69, 9.17) is 4.74 Å². The summed E-state index contributed by atoms with van der Waals surface area (Å²) in [6, 6.07) is 0. The number of hydrogen-bond donors (Lipinski definition) is 0. The Morgan fingerprint density at radius 1 is 1.38 bits per heavy atom. The summed E-state index contributed by atoms with van der Waals surface area (Å²) in [5.74, 6) is 0.949. The first-order chi connectivity index (χ1) is 7.41. The molecule has 2 heteroatoms. The van der Waals surface area contributed by atoms with Gasteiger partial charge < -0.3 is 4.74 Å². The van der Waals surface area contributed by atoms with Gasteiger partial charge in [0.25, 0.3) is 0 Å². The lowest BCUT2D eigenvalue weighted by Gasteiger charge is -2.53. The average molecular weight is 220 g/mol. The van der Waals surface area contributed by atoms with Crippen LogP contribution in [0, 0.1) is 16.7 Å². The zero-order chi connectivity index (χ0) is 11.6. The van der Waals surface area contributed by atoms with E-state index < -0.39 is 0 Å². The Balaban J connectivity index is 2.11. The maximum atomic E-state index is 11.8. The van der Waals surface area contributed by atoms with Crippen molar-refractivity contribution >= 4 is 5.78 Å². The highest BCUT2D eigenvalue weighted by molar-refractivity contribution is 5.91. The minimum Gasteiger partial charge on any atom is -0.493 e. The number of rotatable bonds is 0. The molecule has 0 unspecified atom stereocenters. The number of fused-ring (bicyclic) bond motifs is 3. The molecule has 0 amide bonds. The monoisotopic (exact) mass is 220 g/mol. The predicted molar refractivity (Wildman–Crippen MR) is 61.8 cm³/mol. The van der Waals surface area contributed by atoms with E-state index in [0.717, 1.165) is 5.92 Å². The van der Waals surface area contributed by atoms with Crippen molar-refractivity contribution in [2.75, 3.05) is 0 Å². The summed E-state index contributed by atoms with van der Waals surface area (Å²) in [5.41, 5.74) is 0.0801. The third-order valence-corrected chi connectivity index (χ3v) is 5.72. The van der Waals surface area contributed by atoms with E-state index in [2.05, 4.69) is 20.8 Å². The molecule has 0 aromatic carbocycles. The average Bonchev–Trinajstić information content (AvgIpc) is 2.66. The lowest BCUT2D eigenvalue weighted by Crippen LogP contribution is -2.57. The molecular formula is C14H20O2. The van der Waals surface area contributed by atoms with E-state index in [1.54, 1.807) is 12.3 Å². The van der Waals surface area contributed by atoms with Crippen LogP contribution >= 0.6 is 0 Å². The molecular weight excluding hydrogens is 200 g/mol. The Bertz CT molecular complexity index is 375. The van der Waals surface area contributed by atoms with Crippen LogP contribution in [0.2, 0.25) is 0 Å². The summed E-state index contributed by atoms with van der Waals surface area (Å²) in [6.45, 7) is 6.89. The standard InChI is InChI=1S/C14H20O2/c1-12(2)10-4-6-13(3,8-10)14(12)9-11(15)5-7-16-14/h5,7,10H,4,6,8-9H2,1-3H3/t10-,13+,14-/m0/s1. The highest BCUT2D eigenvalue weighted by Crippen LogP contribution is 2.71. The van der Waals surface area contributed by atoms with Gasteiger partial charge in [0.1, 0.15) is 5.60 Å². The zero-order valence-corrected chi connectivity index (χ0v) is 10.4. The Labute approximate surface area is 97.1 Å². The van der Waals surface area contributed by atoms with Gasteiger partial charge in [-0.2, -0.15) is 0 Å². The second kappa shape index (κ2) is 2.72. The SMILES string of the molecule is CC1(C)[C@H]2CC[C@](C)(C2)[C@]12CC(=O)C=CO2. The quantitative estimate of drug-likeness (QED) is 0.627. The maximum Gasteiger partial charge on any atom is 0.162 e. The maximum absolute atomic E-state index is 11.8. The summed E-state index contributed by atoms with van der Waals surface area (Å²) in [6.07, 6.45) is 7.52. The summed E-state index contributed by atoms with van der Waals surface area (Å²) in [4.78, 5) is 11.8. The van der Waals surface area contributed by atoms with E-state index in [-0.39, 0.29) is 22.2 Å². The van der Waals surface area contributed by atoms with Crippen molar-refractivity contribution in [3.63, 3.8) is 0 Å². The zero-order valence-electron chi connectivity index (χ0n) is 10.4. The van der Waals surface area contributed by atoms with Crippen LogP contribution in [-0.2, 0) is 9.53 Å². The minimum absolute atomic E-state index is 0.125. The number of ether oxygens (including phenoxy) is 1. The Hall–Kier alpha value is -0.790. The van der Waals surface area contributed by atoms with Crippen molar-refractivity contribution in [3.8, 4) is 0 Å². The first kappa shape index (κ1) is 10.4. The largest absolute Gasteiger partial charge is 0.493 e. The van der Waals surface area contributed by atoms with Gasteiger partial charge in [-0.25, -0.2) is 0 Å². The highest BCUT2D eigenvalue weighted by atomic mass is 16.5. The van der Waals surface area contributed by atoms with Gasteiger partial charge in [0.2, 0.25) is 0 Å². The molecule has 3 atom stereocenters. The summed E-state index contributed by atoms with van der Waals surface area (Å²) >= 11 is 0. The third-order valence-electron chi connectivity index (χ3n) is 5.72. The van der Waals surface area contributed by atoms with Gasteiger partial charge in [0.15, 0.2) is 5.78 Å². The molecule has 2 bridgehead atoms. The van der Waals surface area contributed by atoms with E-state index >= 15 is 0 Å². The molecule has 2 fully saturated rings. The molecule has 16 heavy (non-hydrogen) atoms. The van der Waals surface area contributed by atoms with E-state index in [1.807, 2.05) is 0 Å². The fraction of sp³-hybridized carbons (Fsp3) is 0.786. The van der Waals surface area contributed by atoms with Crippen molar-refractivity contribution in [1.29, 1.82) is 0 Å². The molecule has 0 aromatic heterocycles. The molecule has 0 radical (unpaired) electrons. The normalized spacial score (nSPS) is 48.7. The first-order valence-corrected chi connectivity index (χ1v) is 6.29. The van der Waals surface area contributed by atoms with Crippen LogP contribution in [0.3, 0.4) is 0 Å². The van der Waals surface area contributed by atoms with Crippen molar-refractivity contribution in [2.45, 2.75) is 52.1 Å². The number of hydrogen-bond acceptors (Lipinski definition) is 2. The molecule has 1 aliphatic heterocycles. The molecule has 0 saturated heterocycles. The molecule has 0 aromatic rings. The van der Waals surface area contributed by atoms with Crippen molar-refractivity contribution in [3.05, 3.63) is 12.3 Å². The van der Waals surface area contributed by atoms with Crippen molar-refractivity contribution in [1.82, 2.24) is 0 Å². The van der Waals surface area contributed by atoms with Gasteiger partial charge in [-0.1, -0.05) is 20.8 Å². The summed E-state index contributed by atoms with van der Waals surface area (Å²) in [7, 11) is 0. The van der Waals surface area contributed by atoms with Crippen LogP contribution in [0.1, 0.15) is 46.5 Å². The van der Waals surface area contributed by atoms with Gasteiger partial charge in [0.05, 0.1) is 12.7 Å². The summed E-state index contributed by atoms with van der Waals surface area (Å²) < 4.78 is 6.05. The molecule has 3 aliphatic rings. The Kier molecular flexibility index (Phi) is 1.76. The van der Waals surface area contributed by atoms with E-state index in [9.17, 15) is 4.79 Å².